The summed E-state index contributed by atoms with van der Waals surface area (Å²) >= 11 is 0. The minimum Gasteiger partial charge on any atom is -0.478 e. The third-order valence-corrected chi connectivity index (χ3v) is 5.38. The Morgan fingerprint density at radius 3 is 2.79 bits per heavy atom. The van der Waals surface area contributed by atoms with Gasteiger partial charge in [0, 0.05) is 19.6 Å². The van der Waals surface area contributed by atoms with Gasteiger partial charge in [-0.05, 0) is 37.0 Å². The Balaban J connectivity index is 1.85. The number of carbonyl (C=O) groups is 2. The van der Waals surface area contributed by atoms with Gasteiger partial charge < -0.3 is 10.4 Å². The minimum absolute atomic E-state index is 0.155. The number of nitrogens with one attached hydrogen (secondary N) is 1. The number of nitrogens with zero attached hydrogens (tertiary/aromatic N) is 1. The van der Waals surface area contributed by atoms with E-state index in [1.54, 1.807) is 12.1 Å². The predicted octanol–water partition coefficient (Wildman–Crippen LogP) is 0.715. The second-order valence-electron chi connectivity index (χ2n) is 6.01. The van der Waals surface area contributed by atoms with Gasteiger partial charge in [-0.1, -0.05) is 12.1 Å². The molecule has 7 nitrogen and oxygen atoms in total. The molecule has 1 amide bonds. The quantitative estimate of drug-likeness (QED) is 0.783. The Morgan fingerprint density at radius 1 is 1.38 bits per heavy atom. The van der Waals surface area contributed by atoms with Crippen LogP contribution in [0.3, 0.4) is 0 Å². The molecule has 1 atom stereocenters. The second-order valence-corrected chi connectivity index (χ2v) is 7.99. The summed E-state index contributed by atoms with van der Waals surface area (Å²) in [5.41, 5.74) is 1.05. The minimum atomic E-state index is -3.27. The van der Waals surface area contributed by atoms with Crippen LogP contribution in [0.5, 0.6) is 0 Å². The van der Waals surface area contributed by atoms with E-state index in [4.69, 9.17) is 5.11 Å². The Morgan fingerprint density at radius 2 is 2.12 bits per heavy atom. The van der Waals surface area contributed by atoms with Gasteiger partial charge in [-0.2, -0.15) is 0 Å². The van der Waals surface area contributed by atoms with E-state index >= 15 is 0 Å². The second kappa shape index (κ2) is 7.76. The molecule has 0 radical (unpaired) electrons. The zero-order valence-electron chi connectivity index (χ0n) is 13.6. The Bertz CT molecular complexity index is 717. The molecule has 0 spiro atoms. The van der Waals surface area contributed by atoms with Crippen molar-refractivity contribution in [2.24, 2.45) is 5.92 Å². The highest BCUT2D eigenvalue weighted by Gasteiger charge is 2.29. The fourth-order valence-electron chi connectivity index (χ4n) is 2.79. The van der Waals surface area contributed by atoms with E-state index in [0.29, 0.717) is 32.4 Å². The molecular formula is C16H22N2O5S. The topological polar surface area (TPSA) is 104 Å². The van der Waals surface area contributed by atoms with E-state index in [-0.39, 0.29) is 23.9 Å². The normalized spacial score (nSPS) is 19.0. The standard InChI is InChI=1S/C16H22N2O5S/c1-24(22,23)18-9-3-6-14(11-18)15(19)17-8-7-12-4-2-5-13(10-12)16(20)21/h2,4-5,10,14H,3,6-9,11H2,1H3,(H,17,19)(H,20,21)/t14-/m0/s1. The van der Waals surface area contributed by atoms with Crippen molar-refractivity contribution in [3.8, 4) is 0 Å². The van der Waals surface area contributed by atoms with Crippen molar-refractivity contribution < 1.29 is 23.1 Å². The maximum atomic E-state index is 12.2. The van der Waals surface area contributed by atoms with Crippen LogP contribution in [0.15, 0.2) is 24.3 Å². The SMILES string of the molecule is CS(=O)(=O)N1CCC[C@H](C(=O)NCCc2cccc(C(=O)O)c2)C1. The van der Waals surface area contributed by atoms with Gasteiger partial charge in [0.1, 0.15) is 0 Å². The fourth-order valence-corrected chi connectivity index (χ4v) is 3.70. The predicted molar refractivity (Wildman–Crippen MR) is 89.3 cm³/mol. The third-order valence-electron chi connectivity index (χ3n) is 4.11. The molecule has 1 aromatic carbocycles. The van der Waals surface area contributed by atoms with E-state index in [9.17, 15) is 18.0 Å². The van der Waals surface area contributed by atoms with Crippen molar-refractivity contribution in [2.75, 3.05) is 25.9 Å². The Labute approximate surface area is 141 Å². The number of piperidine rings is 1. The number of amides is 1. The Hall–Kier alpha value is -1.93. The molecule has 2 rings (SSSR count). The lowest BCUT2D eigenvalue weighted by Crippen LogP contribution is -2.45. The van der Waals surface area contributed by atoms with Gasteiger partial charge in [-0.3, -0.25) is 4.79 Å². The summed E-state index contributed by atoms with van der Waals surface area (Å²) in [4.78, 5) is 23.1. The first-order chi connectivity index (χ1) is 11.3. The van der Waals surface area contributed by atoms with Gasteiger partial charge in [-0.15, -0.1) is 0 Å². The molecule has 0 aromatic heterocycles. The number of carbonyl (C=O) groups excluding carboxylic acids is 1. The van der Waals surface area contributed by atoms with Crippen LogP contribution in [0, 0.1) is 5.92 Å². The van der Waals surface area contributed by atoms with E-state index in [0.717, 1.165) is 11.8 Å². The van der Waals surface area contributed by atoms with Gasteiger partial charge in [-0.25, -0.2) is 17.5 Å². The largest absolute Gasteiger partial charge is 0.478 e. The van der Waals surface area contributed by atoms with Crippen LogP contribution in [0.4, 0.5) is 0 Å². The van der Waals surface area contributed by atoms with Gasteiger partial charge in [0.05, 0.1) is 17.7 Å². The fraction of sp³-hybridized carbons (Fsp3) is 0.500. The van der Waals surface area contributed by atoms with Gasteiger partial charge >= 0.3 is 5.97 Å². The Kier molecular flexibility index (Phi) is 5.95. The van der Waals surface area contributed by atoms with Gasteiger partial charge in [0.15, 0.2) is 0 Å². The van der Waals surface area contributed by atoms with Gasteiger partial charge in [0.25, 0.3) is 0 Å². The lowest BCUT2D eigenvalue weighted by atomic mass is 9.98. The summed E-state index contributed by atoms with van der Waals surface area (Å²) in [6.45, 7) is 1.07. The number of carboxylic acid groups (broad SMARTS) is 1. The summed E-state index contributed by atoms with van der Waals surface area (Å²) in [7, 11) is -3.27. The molecule has 1 heterocycles. The number of benzene rings is 1. The van der Waals surface area contributed by atoms with Crippen LogP contribution >= 0.6 is 0 Å². The summed E-state index contributed by atoms with van der Waals surface area (Å²) in [6.07, 6.45) is 3.02. The summed E-state index contributed by atoms with van der Waals surface area (Å²) in [5, 5.41) is 11.8. The highest BCUT2D eigenvalue weighted by Crippen LogP contribution is 2.18. The lowest BCUT2D eigenvalue weighted by molar-refractivity contribution is -0.126. The summed E-state index contributed by atoms with van der Waals surface area (Å²) in [6, 6.07) is 6.59. The number of rotatable bonds is 6. The van der Waals surface area contributed by atoms with Crippen LogP contribution in [-0.4, -0.2) is 55.6 Å². The van der Waals surface area contributed by atoms with Gasteiger partial charge in [0.2, 0.25) is 15.9 Å². The van der Waals surface area contributed by atoms with Crippen LogP contribution < -0.4 is 5.32 Å². The average Bonchev–Trinajstić information content (AvgIpc) is 2.54. The van der Waals surface area contributed by atoms with Crippen LogP contribution in [0.1, 0.15) is 28.8 Å². The zero-order valence-corrected chi connectivity index (χ0v) is 14.4. The van der Waals surface area contributed by atoms with E-state index in [2.05, 4.69) is 5.32 Å². The van der Waals surface area contributed by atoms with Crippen LogP contribution in [-0.2, 0) is 21.2 Å². The molecular weight excluding hydrogens is 332 g/mol. The molecule has 1 fully saturated rings. The average molecular weight is 354 g/mol. The maximum absolute atomic E-state index is 12.2. The van der Waals surface area contributed by atoms with Crippen molar-refractivity contribution in [1.82, 2.24) is 9.62 Å². The highest BCUT2D eigenvalue weighted by atomic mass is 32.2. The maximum Gasteiger partial charge on any atom is 0.335 e. The molecule has 8 heteroatoms. The smallest absolute Gasteiger partial charge is 0.335 e. The highest BCUT2D eigenvalue weighted by molar-refractivity contribution is 7.88. The third kappa shape index (κ3) is 5.04. The first kappa shape index (κ1) is 18.4. The molecule has 0 saturated carbocycles. The molecule has 1 saturated heterocycles. The van der Waals surface area contributed by atoms with E-state index in [1.165, 1.54) is 10.4 Å². The van der Waals surface area contributed by atoms with Crippen molar-refractivity contribution in [3.05, 3.63) is 35.4 Å². The number of sulfonamides is 1. The van der Waals surface area contributed by atoms with E-state index in [1.807, 2.05) is 6.07 Å². The number of carboxylic acids is 1. The summed E-state index contributed by atoms with van der Waals surface area (Å²) in [5.74, 6) is -1.47. The van der Waals surface area contributed by atoms with Crippen molar-refractivity contribution >= 4 is 21.9 Å². The van der Waals surface area contributed by atoms with E-state index < -0.39 is 16.0 Å². The van der Waals surface area contributed by atoms with Crippen molar-refractivity contribution in [2.45, 2.75) is 19.3 Å². The van der Waals surface area contributed by atoms with Crippen LogP contribution in [0.2, 0.25) is 0 Å². The number of hydrogen-bond donors (Lipinski definition) is 2. The van der Waals surface area contributed by atoms with Crippen LogP contribution in [0.25, 0.3) is 0 Å². The molecule has 0 bridgehead atoms. The first-order valence-corrected chi connectivity index (χ1v) is 9.67. The molecule has 0 unspecified atom stereocenters. The first-order valence-electron chi connectivity index (χ1n) is 7.82. The number of hydrogen-bond acceptors (Lipinski definition) is 4. The molecule has 24 heavy (non-hydrogen) atoms. The molecule has 2 N–H and O–H groups in total. The monoisotopic (exact) mass is 354 g/mol. The van der Waals surface area contributed by atoms with Crippen molar-refractivity contribution in [3.63, 3.8) is 0 Å². The zero-order chi connectivity index (χ0) is 17.7. The number of aromatic carboxylic acids is 1. The molecule has 132 valence electrons. The lowest BCUT2D eigenvalue weighted by Gasteiger charge is -2.30. The molecule has 1 aromatic rings. The van der Waals surface area contributed by atoms with Crippen molar-refractivity contribution in [1.29, 1.82) is 0 Å². The molecule has 0 aliphatic carbocycles. The molecule has 1 aliphatic rings. The summed E-state index contributed by atoms with van der Waals surface area (Å²) < 4.78 is 24.5. The molecule has 1 aliphatic heterocycles.